The largest absolute Gasteiger partial charge is 0.497 e. The van der Waals surface area contributed by atoms with E-state index in [4.69, 9.17) is 4.74 Å². The van der Waals surface area contributed by atoms with Gasteiger partial charge in [-0.3, -0.25) is 9.78 Å². The third kappa shape index (κ3) is 3.78. The molecule has 1 aliphatic heterocycles. The number of aromatic nitrogens is 3. The molecule has 7 nitrogen and oxygen atoms in total. The van der Waals surface area contributed by atoms with Crippen LogP contribution in [0.5, 0.6) is 5.75 Å². The van der Waals surface area contributed by atoms with E-state index in [-0.39, 0.29) is 5.91 Å². The van der Waals surface area contributed by atoms with Crippen molar-refractivity contribution in [1.29, 1.82) is 0 Å². The van der Waals surface area contributed by atoms with Gasteiger partial charge in [0.1, 0.15) is 5.75 Å². The number of piperazine rings is 1. The normalized spacial score (nSPS) is 14.0. The Morgan fingerprint density at radius 2 is 1.68 bits per heavy atom. The Balaban J connectivity index is 1.38. The maximum absolute atomic E-state index is 12.8. The summed E-state index contributed by atoms with van der Waals surface area (Å²) in [5, 5.41) is 0. The van der Waals surface area contributed by atoms with Crippen molar-refractivity contribution in [2.75, 3.05) is 38.2 Å². The highest BCUT2D eigenvalue weighted by Crippen LogP contribution is 2.21. The van der Waals surface area contributed by atoms with Crippen LogP contribution in [0.3, 0.4) is 0 Å². The maximum Gasteiger partial charge on any atom is 0.257 e. The van der Waals surface area contributed by atoms with Gasteiger partial charge in [0.25, 0.3) is 5.91 Å². The lowest BCUT2D eigenvalue weighted by Gasteiger charge is -2.36. The first-order chi connectivity index (χ1) is 13.7. The van der Waals surface area contributed by atoms with Gasteiger partial charge in [-0.1, -0.05) is 0 Å². The van der Waals surface area contributed by atoms with Crippen molar-refractivity contribution >= 4 is 11.6 Å². The van der Waals surface area contributed by atoms with E-state index >= 15 is 0 Å². The second kappa shape index (κ2) is 8.04. The van der Waals surface area contributed by atoms with E-state index in [0.29, 0.717) is 24.5 Å². The molecule has 3 heterocycles. The van der Waals surface area contributed by atoms with E-state index < -0.39 is 0 Å². The van der Waals surface area contributed by atoms with Crippen LogP contribution in [0, 0.1) is 0 Å². The molecule has 142 valence electrons. The van der Waals surface area contributed by atoms with Crippen LogP contribution in [0.25, 0.3) is 11.4 Å². The second-order valence-electron chi connectivity index (χ2n) is 6.51. The van der Waals surface area contributed by atoms with E-state index in [0.717, 1.165) is 30.1 Å². The SMILES string of the molecule is COc1ccc(N2CCN(C(=O)c3cnc(-c4cccnc4)nc3)CC2)cc1. The average molecular weight is 375 g/mol. The lowest BCUT2D eigenvalue weighted by atomic mass is 10.2. The van der Waals surface area contributed by atoms with Gasteiger partial charge in [0, 0.05) is 62.2 Å². The minimum atomic E-state index is -0.0351. The number of hydrogen-bond acceptors (Lipinski definition) is 6. The van der Waals surface area contributed by atoms with E-state index in [1.165, 1.54) is 0 Å². The van der Waals surface area contributed by atoms with Crippen LogP contribution in [0.15, 0.2) is 61.2 Å². The third-order valence-corrected chi connectivity index (χ3v) is 4.82. The monoisotopic (exact) mass is 375 g/mol. The van der Waals surface area contributed by atoms with E-state index in [9.17, 15) is 4.79 Å². The van der Waals surface area contributed by atoms with Crippen molar-refractivity contribution < 1.29 is 9.53 Å². The first-order valence-electron chi connectivity index (χ1n) is 9.15. The van der Waals surface area contributed by atoms with Gasteiger partial charge in [0.05, 0.1) is 12.7 Å². The number of anilines is 1. The van der Waals surface area contributed by atoms with Crippen LogP contribution in [-0.2, 0) is 0 Å². The number of pyridine rings is 1. The summed E-state index contributed by atoms with van der Waals surface area (Å²) in [7, 11) is 1.66. The van der Waals surface area contributed by atoms with E-state index in [1.807, 2.05) is 41.3 Å². The predicted molar refractivity (Wildman–Crippen MR) is 106 cm³/mol. The predicted octanol–water partition coefficient (Wildman–Crippen LogP) is 2.51. The number of carbonyl (C=O) groups excluding carboxylic acids is 1. The minimum absolute atomic E-state index is 0.0351. The molecule has 0 saturated carbocycles. The molecule has 0 aliphatic carbocycles. The molecule has 1 aromatic carbocycles. The molecular formula is C21H21N5O2. The number of rotatable bonds is 4. The Morgan fingerprint density at radius 3 is 2.29 bits per heavy atom. The summed E-state index contributed by atoms with van der Waals surface area (Å²) < 4.78 is 5.20. The van der Waals surface area contributed by atoms with E-state index in [2.05, 4.69) is 19.9 Å². The smallest absolute Gasteiger partial charge is 0.257 e. The summed E-state index contributed by atoms with van der Waals surface area (Å²) in [5.74, 6) is 1.37. The Labute approximate surface area is 163 Å². The molecule has 0 spiro atoms. The van der Waals surface area contributed by atoms with Gasteiger partial charge >= 0.3 is 0 Å². The van der Waals surface area contributed by atoms with Gasteiger partial charge in [-0.25, -0.2) is 9.97 Å². The van der Waals surface area contributed by atoms with Crippen LogP contribution in [0.2, 0.25) is 0 Å². The van der Waals surface area contributed by atoms with Crippen LogP contribution < -0.4 is 9.64 Å². The van der Waals surface area contributed by atoms with Gasteiger partial charge in [-0.2, -0.15) is 0 Å². The van der Waals surface area contributed by atoms with Gasteiger partial charge in [-0.15, -0.1) is 0 Å². The fourth-order valence-corrected chi connectivity index (χ4v) is 3.23. The highest BCUT2D eigenvalue weighted by molar-refractivity contribution is 5.94. The average Bonchev–Trinajstić information content (AvgIpc) is 2.79. The minimum Gasteiger partial charge on any atom is -0.497 e. The van der Waals surface area contributed by atoms with Gasteiger partial charge in [0.2, 0.25) is 0 Å². The highest BCUT2D eigenvalue weighted by atomic mass is 16.5. The summed E-state index contributed by atoms with van der Waals surface area (Å²) in [4.78, 5) is 29.6. The highest BCUT2D eigenvalue weighted by Gasteiger charge is 2.23. The number of hydrogen-bond donors (Lipinski definition) is 0. The molecule has 7 heteroatoms. The number of nitrogens with zero attached hydrogens (tertiary/aromatic N) is 5. The zero-order valence-electron chi connectivity index (χ0n) is 15.7. The molecule has 1 fully saturated rings. The quantitative estimate of drug-likeness (QED) is 0.698. The Kier molecular flexibility index (Phi) is 5.14. The van der Waals surface area contributed by atoms with Crippen LogP contribution in [-0.4, -0.2) is 59.0 Å². The molecular weight excluding hydrogens is 354 g/mol. The third-order valence-electron chi connectivity index (χ3n) is 4.82. The molecule has 1 aliphatic rings. The summed E-state index contributed by atoms with van der Waals surface area (Å²) in [6.45, 7) is 2.89. The molecule has 0 unspecified atom stereocenters. The number of carbonyl (C=O) groups is 1. The molecule has 0 bridgehead atoms. The lowest BCUT2D eigenvalue weighted by molar-refractivity contribution is 0.0746. The summed E-state index contributed by atoms with van der Waals surface area (Å²) >= 11 is 0. The molecule has 0 atom stereocenters. The molecule has 4 rings (SSSR count). The van der Waals surface area contributed by atoms with Gasteiger partial charge in [-0.05, 0) is 36.4 Å². The Morgan fingerprint density at radius 1 is 0.964 bits per heavy atom. The topological polar surface area (TPSA) is 71.5 Å². The lowest BCUT2D eigenvalue weighted by Crippen LogP contribution is -2.48. The fourth-order valence-electron chi connectivity index (χ4n) is 3.23. The molecule has 0 N–H and O–H groups in total. The Bertz CT molecular complexity index is 921. The molecule has 1 amide bonds. The first-order valence-corrected chi connectivity index (χ1v) is 9.15. The van der Waals surface area contributed by atoms with Crippen molar-refractivity contribution in [3.05, 3.63) is 66.7 Å². The van der Waals surface area contributed by atoms with Crippen molar-refractivity contribution in [2.24, 2.45) is 0 Å². The number of benzene rings is 1. The summed E-state index contributed by atoms with van der Waals surface area (Å²) in [5.41, 5.74) is 2.47. The van der Waals surface area contributed by atoms with Crippen molar-refractivity contribution in [3.63, 3.8) is 0 Å². The molecule has 28 heavy (non-hydrogen) atoms. The molecule has 2 aromatic heterocycles. The van der Waals surface area contributed by atoms with Crippen LogP contribution >= 0.6 is 0 Å². The molecule has 3 aromatic rings. The maximum atomic E-state index is 12.8. The number of methoxy groups -OCH3 is 1. The van der Waals surface area contributed by atoms with Crippen molar-refractivity contribution in [1.82, 2.24) is 19.9 Å². The first kappa shape index (κ1) is 17.9. The standard InChI is InChI=1S/C21H21N5O2/c1-28-19-6-4-18(5-7-19)25-9-11-26(12-10-25)21(27)17-14-23-20(24-15-17)16-3-2-8-22-13-16/h2-8,13-15H,9-12H2,1H3. The fraction of sp³-hybridized carbons (Fsp3) is 0.238. The Hall–Kier alpha value is -3.48. The molecule has 1 saturated heterocycles. The summed E-state index contributed by atoms with van der Waals surface area (Å²) in [6, 6.07) is 11.7. The van der Waals surface area contributed by atoms with E-state index in [1.54, 1.807) is 31.9 Å². The van der Waals surface area contributed by atoms with Crippen LogP contribution in [0.4, 0.5) is 5.69 Å². The van der Waals surface area contributed by atoms with Gasteiger partial charge < -0.3 is 14.5 Å². The summed E-state index contributed by atoms with van der Waals surface area (Å²) in [6.07, 6.45) is 6.59. The zero-order chi connectivity index (χ0) is 19.3. The number of ether oxygens (including phenoxy) is 1. The number of amides is 1. The zero-order valence-corrected chi connectivity index (χ0v) is 15.7. The molecule has 0 radical (unpaired) electrons. The van der Waals surface area contributed by atoms with Crippen LogP contribution in [0.1, 0.15) is 10.4 Å². The van der Waals surface area contributed by atoms with Crippen molar-refractivity contribution in [3.8, 4) is 17.1 Å². The van der Waals surface area contributed by atoms with Gasteiger partial charge in [0.15, 0.2) is 5.82 Å². The second-order valence-corrected chi connectivity index (χ2v) is 6.51. The van der Waals surface area contributed by atoms with Crippen molar-refractivity contribution in [2.45, 2.75) is 0 Å².